The van der Waals surface area contributed by atoms with Gasteiger partial charge in [0.05, 0.1) is 5.75 Å². The maximum absolute atomic E-state index is 11.2. The third-order valence-electron chi connectivity index (χ3n) is 1.33. The van der Waals surface area contributed by atoms with E-state index in [2.05, 4.69) is 0 Å². The maximum atomic E-state index is 11.2. The largest absolute Gasteiger partial charge is 0.274 e. The van der Waals surface area contributed by atoms with Crippen LogP contribution in [-0.2, 0) is 14.8 Å². The van der Waals surface area contributed by atoms with Gasteiger partial charge in [0.1, 0.15) is 0 Å². The summed E-state index contributed by atoms with van der Waals surface area (Å²) in [6.07, 6.45) is 0. The topological polar surface area (TPSA) is 63.2 Å². The molecule has 0 radical (unpaired) electrons. The smallest absolute Gasteiger partial charge is 0.235 e. The molecule has 0 aromatic rings. The molecule has 0 rings (SSSR count). The Morgan fingerprint density at radius 2 is 1.69 bits per heavy atom. The molecule has 1 amide bonds. The number of hydrogen-bond acceptors (Lipinski definition) is 3. The molecule has 78 valence electrons. The number of nitrogens with one attached hydrogen (secondary N) is 1. The highest BCUT2D eigenvalue weighted by atomic mass is 32.2. The van der Waals surface area contributed by atoms with Crippen LogP contribution in [0, 0.1) is 11.8 Å². The van der Waals surface area contributed by atoms with Crippen LogP contribution < -0.4 is 4.72 Å². The highest BCUT2D eigenvalue weighted by Crippen LogP contribution is 1.99. The number of rotatable bonds is 4. The lowest BCUT2D eigenvalue weighted by molar-refractivity contribution is -0.122. The van der Waals surface area contributed by atoms with Crippen LogP contribution in [0.4, 0.5) is 0 Å². The van der Waals surface area contributed by atoms with E-state index in [4.69, 9.17) is 0 Å². The van der Waals surface area contributed by atoms with Crippen molar-refractivity contribution in [2.75, 3.05) is 5.75 Å². The molecule has 0 atom stereocenters. The van der Waals surface area contributed by atoms with Crippen LogP contribution in [-0.4, -0.2) is 20.1 Å². The van der Waals surface area contributed by atoms with Crippen molar-refractivity contribution in [3.8, 4) is 0 Å². The Hall–Kier alpha value is -0.580. The first-order valence-corrected chi connectivity index (χ1v) is 5.94. The molecule has 0 saturated heterocycles. The highest BCUT2D eigenvalue weighted by molar-refractivity contribution is 7.90. The molecular weight excluding hydrogens is 190 g/mol. The van der Waals surface area contributed by atoms with Gasteiger partial charge in [-0.1, -0.05) is 27.7 Å². The normalized spacial score (nSPS) is 12.2. The molecule has 0 saturated carbocycles. The molecule has 0 aliphatic rings. The molecule has 5 heteroatoms. The summed E-state index contributed by atoms with van der Waals surface area (Å²) in [5, 5.41) is 0. The molecular formula is C8H17NO3S. The fourth-order valence-electron chi connectivity index (χ4n) is 0.752. The van der Waals surface area contributed by atoms with Gasteiger partial charge < -0.3 is 0 Å². The SMILES string of the molecule is CC(C)CS(=O)(=O)NC(=O)C(C)C. The van der Waals surface area contributed by atoms with Crippen molar-refractivity contribution in [1.82, 2.24) is 4.72 Å². The first kappa shape index (κ1) is 12.4. The zero-order chi connectivity index (χ0) is 10.6. The number of carbonyl (C=O) groups is 1. The standard InChI is InChI=1S/C8H17NO3S/c1-6(2)5-13(11,12)9-8(10)7(3)4/h6-7H,5H2,1-4H3,(H,9,10). The van der Waals surface area contributed by atoms with Gasteiger partial charge >= 0.3 is 0 Å². The van der Waals surface area contributed by atoms with E-state index < -0.39 is 15.9 Å². The lowest BCUT2D eigenvalue weighted by atomic mass is 10.2. The molecule has 0 aliphatic heterocycles. The van der Waals surface area contributed by atoms with Crippen LogP contribution in [0.25, 0.3) is 0 Å². The molecule has 0 heterocycles. The van der Waals surface area contributed by atoms with Gasteiger partial charge in [0.25, 0.3) is 0 Å². The zero-order valence-corrected chi connectivity index (χ0v) is 9.31. The minimum atomic E-state index is -3.42. The molecule has 0 bridgehead atoms. The molecule has 0 unspecified atom stereocenters. The van der Waals surface area contributed by atoms with Gasteiger partial charge in [0.15, 0.2) is 0 Å². The van der Waals surface area contributed by atoms with E-state index in [1.54, 1.807) is 27.7 Å². The summed E-state index contributed by atoms with van der Waals surface area (Å²) < 4.78 is 24.5. The maximum Gasteiger partial charge on any atom is 0.235 e. The quantitative estimate of drug-likeness (QED) is 0.739. The van der Waals surface area contributed by atoms with Crippen molar-refractivity contribution in [1.29, 1.82) is 0 Å². The average Bonchev–Trinajstić information content (AvgIpc) is 1.81. The summed E-state index contributed by atoms with van der Waals surface area (Å²) in [6.45, 7) is 6.89. The summed E-state index contributed by atoms with van der Waals surface area (Å²) in [4.78, 5) is 11.0. The fourth-order valence-corrected chi connectivity index (χ4v) is 2.25. The van der Waals surface area contributed by atoms with E-state index in [-0.39, 0.29) is 17.6 Å². The Morgan fingerprint density at radius 1 is 1.23 bits per heavy atom. The third kappa shape index (κ3) is 5.63. The van der Waals surface area contributed by atoms with Crippen molar-refractivity contribution in [2.24, 2.45) is 11.8 Å². The summed E-state index contributed by atoms with van der Waals surface area (Å²) in [5.41, 5.74) is 0. The van der Waals surface area contributed by atoms with Crippen molar-refractivity contribution in [2.45, 2.75) is 27.7 Å². The predicted octanol–water partition coefficient (Wildman–Crippen LogP) is 0.744. The Bertz CT molecular complexity index is 267. The second kappa shape index (κ2) is 4.60. The van der Waals surface area contributed by atoms with Gasteiger partial charge in [-0.3, -0.25) is 9.52 Å². The summed E-state index contributed by atoms with van der Waals surface area (Å²) >= 11 is 0. The Morgan fingerprint density at radius 3 is 2.00 bits per heavy atom. The Labute approximate surface area is 79.8 Å². The second-order valence-corrected chi connectivity index (χ2v) is 5.56. The fraction of sp³-hybridized carbons (Fsp3) is 0.875. The van der Waals surface area contributed by atoms with E-state index in [1.807, 2.05) is 4.72 Å². The number of sulfonamides is 1. The van der Waals surface area contributed by atoms with Crippen LogP contribution in [0.2, 0.25) is 0 Å². The summed E-state index contributed by atoms with van der Waals surface area (Å²) in [5.74, 6) is -0.731. The molecule has 0 fully saturated rings. The van der Waals surface area contributed by atoms with Gasteiger partial charge in [-0.05, 0) is 5.92 Å². The van der Waals surface area contributed by atoms with Crippen LogP contribution >= 0.6 is 0 Å². The molecule has 0 spiro atoms. The van der Waals surface area contributed by atoms with Gasteiger partial charge in [-0.25, -0.2) is 8.42 Å². The first-order chi connectivity index (χ1) is 5.74. The number of carbonyl (C=O) groups excluding carboxylic acids is 1. The van der Waals surface area contributed by atoms with E-state index in [0.717, 1.165) is 0 Å². The van der Waals surface area contributed by atoms with E-state index >= 15 is 0 Å². The lowest BCUT2D eigenvalue weighted by Crippen LogP contribution is -2.36. The Kier molecular flexibility index (Phi) is 4.39. The van der Waals surface area contributed by atoms with Crippen LogP contribution in [0.3, 0.4) is 0 Å². The van der Waals surface area contributed by atoms with Gasteiger partial charge in [0, 0.05) is 5.92 Å². The predicted molar refractivity (Wildman–Crippen MR) is 51.6 cm³/mol. The third-order valence-corrected chi connectivity index (χ3v) is 2.95. The lowest BCUT2D eigenvalue weighted by Gasteiger charge is -2.09. The van der Waals surface area contributed by atoms with E-state index in [1.165, 1.54) is 0 Å². The first-order valence-electron chi connectivity index (χ1n) is 4.29. The number of amides is 1. The van der Waals surface area contributed by atoms with Crippen molar-refractivity contribution >= 4 is 15.9 Å². The van der Waals surface area contributed by atoms with Crippen LogP contribution in [0.5, 0.6) is 0 Å². The zero-order valence-electron chi connectivity index (χ0n) is 8.49. The minimum Gasteiger partial charge on any atom is -0.274 e. The van der Waals surface area contributed by atoms with E-state index in [0.29, 0.717) is 0 Å². The Balaban J connectivity index is 4.27. The van der Waals surface area contributed by atoms with Gasteiger partial charge in [-0.15, -0.1) is 0 Å². The van der Waals surface area contributed by atoms with Crippen LogP contribution in [0.15, 0.2) is 0 Å². The molecule has 1 N–H and O–H groups in total. The molecule has 4 nitrogen and oxygen atoms in total. The number of hydrogen-bond donors (Lipinski definition) is 1. The van der Waals surface area contributed by atoms with Crippen LogP contribution in [0.1, 0.15) is 27.7 Å². The van der Waals surface area contributed by atoms with Crippen molar-refractivity contribution in [3.05, 3.63) is 0 Å². The van der Waals surface area contributed by atoms with E-state index in [9.17, 15) is 13.2 Å². The van der Waals surface area contributed by atoms with Crippen molar-refractivity contribution in [3.63, 3.8) is 0 Å². The molecule has 13 heavy (non-hydrogen) atoms. The highest BCUT2D eigenvalue weighted by Gasteiger charge is 2.17. The molecule has 0 aromatic carbocycles. The summed E-state index contributed by atoms with van der Waals surface area (Å²) in [6, 6.07) is 0. The minimum absolute atomic E-state index is 0.00847. The summed E-state index contributed by atoms with van der Waals surface area (Å²) in [7, 11) is -3.42. The van der Waals surface area contributed by atoms with Gasteiger partial charge in [0.2, 0.25) is 15.9 Å². The van der Waals surface area contributed by atoms with Crippen molar-refractivity contribution < 1.29 is 13.2 Å². The molecule has 0 aromatic heterocycles. The monoisotopic (exact) mass is 207 g/mol. The van der Waals surface area contributed by atoms with Gasteiger partial charge in [-0.2, -0.15) is 0 Å². The molecule has 0 aliphatic carbocycles. The second-order valence-electron chi connectivity index (χ2n) is 3.80. The average molecular weight is 207 g/mol.